The van der Waals surface area contributed by atoms with E-state index in [0.29, 0.717) is 0 Å². The number of hydrogen-bond donors (Lipinski definition) is 1. The van der Waals surface area contributed by atoms with E-state index >= 15 is 0 Å². The summed E-state index contributed by atoms with van der Waals surface area (Å²) in [5.74, 6) is 0. The Labute approximate surface area is 70.2 Å². The molecule has 2 nitrogen and oxygen atoms in total. The lowest BCUT2D eigenvalue weighted by Crippen LogP contribution is -2.12. The van der Waals surface area contributed by atoms with Gasteiger partial charge in [0.05, 0.1) is 5.69 Å². The van der Waals surface area contributed by atoms with Crippen LogP contribution in [0.4, 0.5) is 0 Å². The highest BCUT2D eigenvalue weighted by Gasteiger charge is 2.20. The number of hydrogen-bond acceptors (Lipinski definition) is 4. The molecule has 1 heterocycles. The molecule has 1 aromatic rings. The van der Waals surface area contributed by atoms with Crippen molar-refractivity contribution in [3.8, 4) is 0 Å². The Morgan fingerprint density at radius 1 is 1.40 bits per heavy atom. The molecule has 1 aromatic heterocycles. The molecular formula is C6H10N2S2. The molecule has 0 saturated heterocycles. The second kappa shape index (κ2) is 2.51. The van der Waals surface area contributed by atoms with E-state index in [-0.39, 0.29) is 5.41 Å². The van der Waals surface area contributed by atoms with Gasteiger partial charge in [-0.25, -0.2) is 0 Å². The monoisotopic (exact) mass is 174 g/mol. The Bertz CT molecular complexity index is 224. The maximum Gasteiger partial charge on any atom is 0.102 e. The van der Waals surface area contributed by atoms with Crippen LogP contribution >= 0.6 is 24.2 Å². The summed E-state index contributed by atoms with van der Waals surface area (Å²) in [5.41, 5.74) is 1.06. The summed E-state index contributed by atoms with van der Waals surface area (Å²) in [6.07, 6.45) is 0. The van der Waals surface area contributed by atoms with Crippen molar-refractivity contribution < 1.29 is 0 Å². The van der Waals surface area contributed by atoms with Gasteiger partial charge in [0.1, 0.15) is 4.21 Å². The quantitative estimate of drug-likeness (QED) is 0.610. The maximum atomic E-state index is 4.24. The van der Waals surface area contributed by atoms with E-state index in [4.69, 9.17) is 0 Å². The third-order valence-corrected chi connectivity index (χ3v) is 2.17. The van der Waals surface area contributed by atoms with Crippen molar-refractivity contribution >= 4 is 24.2 Å². The van der Waals surface area contributed by atoms with E-state index < -0.39 is 0 Å². The van der Waals surface area contributed by atoms with Crippen LogP contribution in [0.3, 0.4) is 0 Å². The van der Waals surface area contributed by atoms with Crippen molar-refractivity contribution in [3.05, 3.63) is 5.69 Å². The van der Waals surface area contributed by atoms with Crippen LogP contribution in [0.2, 0.25) is 0 Å². The lowest BCUT2D eigenvalue weighted by Gasteiger charge is -2.14. The van der Waals surface area contributed by atoms with Crippen LogP contribution in [0.5, 0.6) is 0 Å². The first-order valence-corrected chi connectivity index (χ1v) is 4.25. The van der Waals surface area contributed by atoms with Crippen LogP contribution in [0.1, 0.15) is 26.5 Å². The predicted molar refractivity (Wildman–Crippen MR) is 45.9 cm³/mol. The van der Waals surface area contributed by atoms with Gasteiger partial charge in [-0.15, -0.1) is 17.7 Å². The molecule has 0 amide bonds. The number of thiol groups is 1. The average Bonchev–Trinajstić information content (AvgIpc) is 2.11. The standard InChI is InChI=1S/C6H10N2S2/c1-6(2,3)4-5(9)10-8-7-4/h9H,1-3H3. The molecule has 0 saturated carbocycles. The molecule has 0 spiro atoms. The fourth-order valence-electron chi connectivity index (χ4n) is 0.657. The fourth-order valence-corrected chi connectivity index (χ4v) is 1.78. The fraction of sp³-hybridized carbons (Fsp3) is 0.667. The van der Waals surface area contributed by atoms with E-state index in [2.05, 4.69) is 43.0 Å². The van der Waals surface area contributed by atoms with Crippen molar-refractivity contribution in [1.82, 2.24) is 9.59 Å². The minimum absolute atomic E-state index is 0.0735. The van der Waals surface area contributed by atoms with Crippen LogP contribution in [-0.2, 0) is 5.41 Å². The zero-order valence-electron chi connectivity index (χ0n) is 6.25. The zero-order chi connectivity index (χ0) is 7.78. The molecule has 0 atom stereocenters. The van der Waals surface area contributed by atoms with Crippen molar-refractivity contribution in [2.24, 2.45) is 0 Å². The summed E-state index contributed by atoms with van der Waals surface area (Å²) in [6.45, 7) is 6.30. The topological polar surface area (TPSA) is 25.8 Å². The van der Waals surface area contributed by atoms with E-state index in [0.717, 1.165) is 9.90 Å². The van der Waals surface area contributed by atoms with Gasteiger partial charge < -0.3 is 0 Å². The molecule has 0 aromatic carbocycles. The Kier molecular flexibility index (Phi) is 2.01. The van der Waals surface area contributed by atoms with Crippen molar-refractivity contribution in [2.45, 2.75) is 30.4 Å². The van der Waals surface area contributed by atoms with E-state index in [1.54, 1.807) is 0 Å². The second-order valence-electron chi connectivity index (χ2n) is 3.18. The summed E-state index contributed by atoms with van der Waals surface area (Å²) < 4.78 is 4.73. The molecule has 4 heteroatoms. The minimum Gasteiger partial charge on any atom is -0.141 e. The van der Waals surface area contributed by atoms with Crippen LogP contribution in [0.25, 0.3) is 0 Å². The van der Waals surface area contributed by atoms with Crippen LogP contribution in [0, 0.1) is 0 Å². The van der Waals surface area contributed by atoms with Gasteiger partial charge in [0, 0.05) is 5.41 Å². The van der Waals surface area contributed by atoms with Crippen LogP contribution in [-0.4, -0.2) is 9.59 Å². The van der Waals surface area contributed by atoms with Gasteiger partial charge in [-0.05, 0) is 11.5 Å². The van der Waals surface area contributed by atoms with Crippen molar-refractivity contribution in [2.75, 3.05) is 0 Å². The highest BCUT2D eigenvalue weighted by Crippen LogP contribution is 2.27. The summed E-state index contributed by atoms with van der Waals surface area (Å²) in [4.78, 5) is 0. The molecule has 0 N–H and O–H groups in total. The molecule has 0 aliphatic rings. The summed E-state index contributed by atoms with van der Waals surface area (Å²) in [5, 5.41) is 3.98. The SMILES string of the molecule is CC(C)(C)c1nnsc1S. The van der Waals surface area contributed by atoms with Gasteiger partial charge in [0.25, 0.3) is 0 Å². The van der Waals surface area contributed by atoms with Crippen LogP contribution in [0.15, 0.2) is 4.21 Å². The summed E-state index contributed by atoms with van der Waals surface area (Å²) >= 11 is 5.57. The third kappa shape index (κ3) is 1.49. The predicted octanol–water partition coefficient (Wildman–Crippen LogP) is 2.12. The summed E-state index contributed by atoms with van der Waals surface area (Å²) in [7, 11) is 0. The second-order valence-corrected chi connectivity index (χ2v) is 4.68. The lowest BCUT2D eigenvalue weighted by molar-refractivity contribution is 0.556. The lowest BCUT2D eigenvalue weighted by atomic mass is 9.93. The van der Waals surface area contributed by atoms with Crippen molar-refractivity contribution in [1.29, 1.82) is 0 Å². The van der Waals surface area contributed by atoms with Gasteiger partial charge in [-0.2, -0.15) is 0 Å². The molecule has 10 heavy (non-hydrogen) atoms. The van der Waals surface area contributed by atoms with Gasteiger partial charge in [-0.3, -0.25) is 0 Å². The molecule has 0 bridgehead atoms. The van der Waals surface area contributed by atoms with Gasteiger partial charge >= 0.3 is 0 Å². The number of nitrogens with zero attached hydrogens (tertiary/aromatic N) is 2. The Balaban J connectivity index is 3.05. The molecule has 0 fully saturated rings. The smallest absolute Gasteiger partial charge is 0.102 e. The number of aromatic nitrogens is 2. The Morgan fingerprint density at radius 3 is 2.20 bits per heavy atom. The first kappa shape index (κ1) is 8.01. The van der Waals surface area contributed by atoms with Crippen molar-refractivity contribution in [3.63, 3.8) is 0 Å². The van der Waals surface area contributed by atoms with Gasteiger partial charge in [0.15, 0.2) is 0 Å². The summed E-state index contributed by atoms with van der Waals surface area (Å²) in [6, 6.07) is 0. The minimum atomic E-state index is 0.0735. The molecule has 56 valence electrons. The normalized spacial score (nSPS) is 12.0. The largest absolute Gasteiger partial charge is 0.141 e. The molecule has 0 radical (unpaired) electrons. The molecule has 0 aliphatic heterocycles. The Hall–Kier alpha value is -0.0900. The van der Waals surface area contributed by atoms with Gasteiger partial charge in [0.2, 0.25) is 0 Å². The highest BCUT2D eigenvalue weighted by molar-refractivity contribution is 7.82. The van der Waals surface area contributed by atoms with E-state index in [9.17, 15) is 0 Å². The van der Waals surface area contributed by atoms with E-state index in [1.165, 1.54) is 11.5 Å². The highest BCUT2D eigenvalue weighted by atomic mass is 32.2. The third-order valence-electron chi connectivity index (χ3n) is 1.18. The average molecular weight is 174 g/mol. The first-order chi connectivity index (χ1) is 4.52. The maximum absolute atomic E-state index is 4.24. The molecule has 1 rings (SSSR count). The molecular weight excluding hydrogens is 164 g/mol. The van der Waals surface area contributed by atoms with Crippen LogP contribution < -0.4 is 0 Å². The first-order valence-electron chi connectivity index (χ1n) is 3.03. The molecule has 0 unspecified atom stereocenters. The zero-order valence-corrected chi connectivity index (χ0v) is 7.96. The Morgan fingerprint density at radius 2 is 2.00 bits per heavy atom. The van der Waals surface area contributed by atoms with E-state index in [1.807, 2.05) is 0 Å². The molecule has 0 aliphatic carbocycles. The van der Waals surface area contributed by atoms with Gasteiger partial charge in [-0.1, -0.05) is 25.3 Å². The number of rotatable bonds is 0.